The van der Waals surface area contributed by atoms with Crippen molar-refractivity contribution >= 4 is 22.5 Å². The summed E-state index contributed by atoms with van der Waals surface area (Å²) in [6.07, 6.45) is -3.32. The van der Waals surface area contributed by atoms with Crippen LogP contribution in [0.1, 0.15) is 36.4 Å². The molecule has 4 aromatic rings. The largest absolute Gasteiger partial charge is 0.382 e. The van der Waals surface area contributed by atoms with Crippen molar-refractivity contribution in [2.45, 2.75) is 38.7 Å². The molecule has 0 aliphatic carbocycles. The van der Waals surface area contributed by atoms with E-state index in [-0.39, 0.29) is 40.4 Å². The Morgan fingerprint density at radius 1 is 1.32 bits per heavy atom. The molecule has 0 spiro atoms. The number of fused-ring (bicyclic) bond motifs is 1. The van der Waals surface area contributed by atoms with E-state index in [0.717, 1.165) is 6.07 Å². The number of halogens is 3. The summed E-state index contributed by atoms with van der Waals surface area (Å²) in [6.45, 7) is 3.91. The number of non-ortho nitro benzene ring substituents is 1. The normalized spacial score (nSPS) is 12.8. The van der Waals surface area contributed by atoms with Crippen molar-refractivity contribution in [2.75, 3.05) is 13.7 Å². The molecule has 0 saturated carbocycles. The molecule has 1 N–H and O–H groups in total. The topological polar surface area (TPSA) is 143 Å². The summed E-state index contributed by atoms with van der Waals surface area (Å²) in [5.74, 6) is -0.883. The third-order valence-electron chi connectivity index (χ3n) is 5.57. The summed E-state index contributed by atoms with van der Waals surface area (Å²) in [5, 5.41) is 21.8. The minimum absolute atomic E-state index is 0.0705. The highest BCUT2D eigenvalue weighted by molar-refractivity contribution is 5.94. The summed E-state index contributed by atoms with van der Waals surface area (Å²) < 4.78 is 53.6. The number of hydrogen-bond donors (Lipinski definition) is 1. The third kappa shape index (κ3) is 5.02. The number of methoxy groups -OCH3 is 1. The molecule has 3 heterocycles. The second-order valence-electron chi connectivity index (χ2n) is 8.69. The standard InChI is InChI=1S/C22H22F3N7O5/c1-22(2,11-36-3)30-10-12(8-27-30)21(33)26-9-17-28-20(29-37-17)16-7-13-14(31(16)19(25)18(23)24)5-4-6-15(13)32(34)35/h4-8,10,18-19H,9,11H2,1-3H3,(H,26,33). The van der Waals surface area contributed by atoms with Crippen LogP contribution < -0.4 is 5.32 Å². The molecule has 0 saturated heterocycles. The Hall–Kier alpha value is -4.27. The van der Waals surface area contributed by atoms with Crippen LogP contribution in [-0.2, 0) is 16.8 Å². The molecule has 1 atom stereocenters. The molecule has 0 bridgehead atoms. The number of carbonyl (C=O) groups is 1. The molecule has 37 heavy (non-hydrogen) atoms. The Morgan fingerprint density at radius 3 is 2.76 bits per heavy atom. The van der Waals surface area contributed by atoms with E-state index in [4.69, 9.17) is 9.26 Å². The van der Waals surface area contributed by atoms with E-state index in [1.165, 1.54) is 24.4 Å². The molecule has 1 aromatic carbocycles. The van der Waals surface area contributed by atoms with Gasteiger partial charge in [0.05, 0.1) is 52.0 Å². The fraction of sp³-hybridized carbons (Fsp3) is 0.364. The fourth-order valence-corrected chi connectivity index (χ4v) is 3.82. The van der Waals surface area contributed by atoms with Gasteiger partial charge >= 0.3 is 0 Å². The van der Waals surface area contributed by atoms with E-state index in [1.807, 2.05) is 13.8 Å². The molecular formula is C22H22F3N7O5. The van der Waals surface area contributed by atoms with E-state index in [0.29, 0.717) is 11.2 Å². The third-order valence-corrected chi connectivity index (χ3v) is 5.57. The van der Waals surface area contributed by atoms with Crippen molar-refractivity contribution in [2.24, 2.45) is 0 Å². The van der Waals surface area contributed by atoms with Gasteiger partial charge in [0.25, 0.3) is 18.0 Å². The van der Waals surface area contributed by atoms with Crippen molar-refractivity contribution in [3.05, 3.63) is 58.2 Å². The molecule has 196 valence electrons. The fourth-order valence-electron chi connectivity index (χ4n) is 3.82. The van der Waals surface area contributed by atoms with Gasteiger partial charge < -0.3 is 19.1 Å². The molecule has 1 amide bonds. The first kappa shape index (κ1) is 25.8. The van der Waals surface area contributed by atoms with Crippen LogP contribution in [0.3, 0.4) is 0 Å². The summed E-state index contributed by atoms with van der Waals surface area (Å²) >= 11 is 0. The summed E-state index contributed by atoms with van der Waals surface area (Å²) in [5.41, 5.74) is -1.02. The highest BCUT2D eigenvalue weighted by Crippen LogP contribution is 2.37. The lowest BCUT2D eigenvalue weighted by atomic mass is 10.1. The molecule has 3 aromatic heterocycles. The molecule has 1 unspecified atom stereocenters. The van der Waals surface area contributed by atoms with Gasteiger partial charge in [0.15, 0.2) is 0 Å². The Morgan fingerprint density at radius 2 is 2.08 bits per heavy atom. The number of carbonyl (C=O) groups excluding carboxylic acids is 1. The number of nitrogens with zero attached hydrogens (tertiary/aromatic N) is 6. The Kier molecular flexibility index (Phi) is 6.98. The number of aromatic nitrogens is 5. The highest BCUT2D eigenvalue weighted by atomic mass is 19.3. The average Bonchev–Trinajstić information content (AvgIpc) is 3.59. The first-order valence-electron chi connectivity index (χ1n) is 10.9. The van der Waals surface area contributed by atoms with Crippen molar-refractivity contribution in [1.82, 2.24) is 29.8 Å². The molecule has 0 fully saturated rings. The van der Waals surface area contributed by atoms with E-state index >= 15 is 0 Å². The maximum Gasteiger partial charge on any atom is 0.288 e. The van der Waals surface area contributed by atoms with Crippen LogP contribution in [-0.4, -0.2) is 55.5 Å². The summed E-state index contributed by atoms with van der Waals surface area (Å²) in [4.78, 5) is 27.3. The summed E-state index contributed by atoms with van der Waals surface area (Å²) in [7, 11) is 1.56. The van der Waals surface area contributed by atoms with Crippen LogP contribution in [0, 0.1) is 10.1 Å². The average molecular weight is 521 g/mol. The van der Waals surface area contributed by atoms with Crippen molar-refractivity contribution in [3.63, 3.8) is 0 Å². The lowest BCUT2D eigenvalue weighted by Gasteiger charge is -2.24. The molecule has 0 aliphatic heterocycles. The van der Waals surface area contributed by atoms with Gasteiger partial charge in [-0.15, -0.1) is 0 Å². The second kappa shape index (κ2) is 10.0. The van der Waals surface area contributed by atoms with Gasteiger partial charge in [-0.25, -0.2) is 13.2 Å². The van der Waals surface area contributed by atoms with Crippen molar-refractivity contribution in [3.8, 4) is 11.5 Å². The molecule has 12 nitrogen and oxygen atoms in total. The zero-order valence-electron chi connectivity index (χ0n) is 19.9. The minimum atomic E-state index is -3.42. The van der Waals surface area contributed by atoms with Crippen molar-refractivity contribution in [1.29, 1.82) is 0 Å². The number of ether oxygens (including phenoxy) is 1. The van der Waals surface area contributed by atoms with E-state index < -0.39 is 34.8 Å². The maximum absolute atomic E-state index is 14.6. The zero-order valence-corrected chi connectivity index (χ0v) is 19.9. The number of nitrogens with one attached hydrogen (secondary N) is 1. The smallest absolute Gasteiger partial charge is 0.288 e. The lowest BCUT2D eigenvalue weighted by molar-refractivity contribution is -0.383. The molecule has 4 rings (SSSR count). The SMILES string of the molecule is COCC(C)(C)n1cc(C(=O)NCc2nc(-c3cc4c([N+](=O)[O-])cccc4n3C(F)C(F)F)no2)cn1. The van der Waals surface area contributed by atoms with Crippen LogP contribution in [0.25, 0.3) is 22.4 Å². The van der Waals surface area contributed by atoms with E-state index in [9.17, 15) is 28.1 Å². The minimum Gasteiger partial charge on any atom is -0.382 e. The number of rotatable bonds is 10. The predicted molar refractivity (Wildman–Crippen MR) is 123 cm³/mol. The van der Waals surface area contributed by atoms with Gasteiger partial charge in [0.1, 0.15) is 0 Å². The molecule has 15 heteroatoms. The van der Waals surface area contributed by atoms with Crippen LogP contribution >= 0.6 is 0 Å². The predicted octanol–water partition coefficient (Wildman–Crippen LogP) is 3.84. The molecular weight excluding hydrogens is 499 g/mol. The number of nitro benzene ring substituents is 1. The van der Waals surface area contributed by atoms with Gasteiger partial charge in [-0.2, -0.15) is 10.1 Å². The number of alkyl halides is 3. The number of hydrogen-bond acceptors (Lipinski definition) is 8. The van der Waals surface area contributed by atoms with Gasteiger partial charge in [0.2, 0.25) is 18.0 Å². The van der Waals surface area contributed by atoms with Gasteiger partial charge in [-0.3, -0.25) is 19.6 Å². The maximum atomic E-state index is 14.6. The first-order valence-corrected chi connectivity index (χ1v) is 10.9. The molecule has 0 radical (unpaired) electrons. The Bertz CT molecular complexity index is 1450. The van der Waals surface area contributed by atoms with Gasteiger partial charge in [0, 0.05) is 19.4 Å². The Balaban J connectivity index is 1.58. The molecule has 0 aliphatic rings. The van der Waals surface area contributed by atoms with Crippen LogP contribution in [0.4, 0.5) is 18.9 Å². The lowest BCUT2D eigenvalue weighted by Crippen LogP contribution is -2.32. The van der Waals surface area contributed by atoms with Crippen LogP contribution in [0.15, 0.2) is 41.2 Å². The van der Waals surface area contributed by atoms with Crippen molar-refractivity contribution < 1.29 is 32.1 Å². The monoisotopic (exact) mass is 521 g/mol. The first-order chi connectivity index (χ1) is 17.5. The van der Waals surface area contributed by atoms with Gasteiger partial charge in [-0.1, -0.05) is 11.2 Å². The van der Waals surface area contributed by atoms with Crippen LogP contribution in [0.5, 0.6) is 0 Å². The summed E-state index contributed by atoms with van der Waals surface area (Å²) in [6, 6.07) is 4.85. The quantitative estimate of drug-likeness (QED) is 0.245. The number of nitro groups is 1. The van der Waals surface area contributed by atoms with E-state index in [2.05, 4.69) is 20.6 Å². The zero-order chi connectivity index (χ0) is 26.9. The van der Waals surface area contributed by atoms with Crippen LogP contribution in [0.2, 0.25) is 0 Å². The number of benzene rings is 1. The van der Waals surface area contributed by atoms with E-state index in [1.54, 1.807) is 18.0 Å². The van der Waals surface area contributed by atoms with Gasteiger partial charge in [-0.05, 0) is 26.0 Å². The second-order valence-corrected chi connectivity index (χ2v) is 8.69. The highest BCUT2D eigenvalue weighted by Gasteiger charge is 2.30. The Labute approximate surface area is 207 Å². The number of amides is 1.